The Hall–Kier alpha value is -1.58. The molecule has 0 aliphatic carbocycles. The van der Waals surface area contributed by atoms with E-state index in [1.165, 1.54) is 17.4 Å². The number of ether oxygens (including phenoxy) is 1. The lowest BCUT2D eigenvalue weighted by atomic mass is 10.2. The van der Waals surface area contributed by atoms with Gasteiger partial charge in [0, 0.05) is 15.3 Å². The molecule has 1 nitrogen and oxygen atoms in total. The van der Waals surface area contributed by atoms with Gasteiger partial charge in [0.2, 0.25) is 0 Å². The minimum absolute atomic E-state index is 0.209. The largest absolute Gasteiger partial charge is 0.489 e. The number of thiophene rings is 1. The van der Waals surface area contributed by atoms with E-state index in [9.17, 15) is 4.39 Å². The number of hydrogen-bond acceptors (Lipinski definition) is 2. The van der Waals surface area contributed by atoms with E-state index in [1.807, 2.05) is 17.5 Å². The van der Waals surface area contributed by atoms with Crippen LogP contribution in [0, 0.1) is 5.82 Å². The van der Waals surface area contributed by atoms with Gasteiger partial charge in [-0.1, -0.05) is 17.7 Å². The molecule has 1 heterocycles. The molecule has 4 heteroatoms. The smallest absolute Gasteiger partial charge is 0.124 e. The highest BCUT2D eigenvalue weighted by Crippen LogP contribution is 2.28. The van der Waals surface area contributed by atoms with E-state index < -0.39 is 0 Å². The summed E-state index contributed by atoms with van der Waals surface area (Å²) in [5.74, 6) is 0.561. The zero-order valence-electron chi connectivity index (χ0n) is 9.90. The first kappa shape index (κ1) is 12.5. The molecule has 0 atom stereocenters. The number of halogens is 2. The molecule has 0 bridgehead atoms. The van der Waals surface area contributed by atoms with Gasteiger partial charge in [0.25, 0.3) is 0 Å². The molecule has 0 radical (unpaired) electrons. The molecule has 0 unspecified atom stereocenters. The Morgan fingerprint density at radius 2 is 1.89 bits per heavy atom. The van der Waals surface area contributed by atoms with E-state index in [1.54, 1.807) is 24.3 Å². The van der Waals surface area contributed by atoms with Gasteiger partial charge in [-0.15, -0.1) is 11.3 Å². The molecular formula is C15H10ClFOS. The summed E-state index contributed by atoms with van der Waals surface area (Å²) in [7, 11) is 0. The molecule has 0 N–H and O–H groups in total. The SMILES string of the molecule is Fc1ccc2c(COc3ccc(Cl)cc3)csc2c1. The van der Waals surface area contributed by atoms with Crippen LogP contribution in [0.2, 0.25) is 5.02 Å². The second-order valence-corrected chi connectivity index (χ2v) is 5.49. The van der Waals surface area contributed by atoms with Crippen LogP contribution in [-0.4, -0.2) is 0 Å². The first-order valence-corrected chi connectivity index (χ1v) is 7.02. The minimum atomic E-state index is -0.209. The predicted molar refractivity (Wildman–Crippen MR) is 77.6 cm³/mol. The molecule has 0 amide bonds. The van der Waals surface area contributed by atoms with Crippen LogP contribution in [0.4, 0.5) is 4.39 Å². The molecule has 0 saturated heterocycles. The van der Waals surface area contributed by atoms with Gasteiger partial charge in [-0.25, -0.2) is 4.39 Å². The van der Waals surface area contributed by atoms with Gasteiger partial charge in [-0.2, -0.15) is 0 Å². The van der Waals surface area contributed by atoms with Gasteiger partial charge in [0.15, 0.2) is 0 Å². The summed E-state index contributed by atoms with van der Waals surface area (Å²) in [6.45, 7) is 0.466. The highest BCUT2D eigenvalue weighted by Gasteiger charge is 2.05. The van der Waals surface area contributed by atoms with E-state index in [-0.39, 0.29) is 5.82 Å². The molecule has 3 rings (SSSR count). The van der Waals surface area contributed by atoms with Crippen molar-refractivity contribution >= 4 is 33.0 Å². The fraction of sp³-hybridized carbons (Fsp3) is 0.0667. The van der Waals surface area contributed by atoms with Crippen molar-refractivity contribution in [3.05, 3.63) is 64.2 Å². The first-order chi connectivity index (χ1) is 9.22. The fourth-order valence-corrected chi connectivity index (χ4v) is 2.96. The number of hydrogen-bond donors (Lipinski definition) is 0. The summed E-state index contributed by atoms with van der Waals surface area (Å²) in [6.07, 6.45) is 0. The standard InChI is InChI=1S/C15H10ClFOS/c16-11-1-4-13(5-2-11)18-8-10-9-19-15-7-12(17)3-6-14(10)15/h1-7,9H,8H2. The van der Waals surface area contributed by atoms with Crippen molar-refractivity contribution in [1.82, 2.24) is 0 Å². The molecule has 0 aliphatic rings. The Balaban J connectivity index is 1.80. The van der Waals surface area contributed by atoms with E-state index in [0.29, 0.717) is 11.6 Å². The van der Waals surface area contributed by atoms with Gasteiger partial charge in [-0.3, -0.25) is 0 Å². The second-order valence-electron chi connectivity index (χ2n) is 4.14. The van der Waals surface area contributed by atoms with Crippen LogP contribution >= 0.6 is 22.9 Å². The number of rotatable bonds is 3. The van der Waals surface area contributed by atoms with E-state index in [0.717, 1.165) is 21.4 Å². The van der Waals surface area contributed by atoms with Crippen LogP contribution in [0.1, 0.15) is 5.56 Å². The molecule has 3 aromatic rings. The molecule has 0 fully saturated rings. The third-order valence-corrected chi connectivity index (χ3v) is 4.07. The molecule has 0 spiro atoms. The normalized spacial score (nSPS) is 10.8. The maximum atomic E-state index is 13.1. The summed E-state index contributed by atoms with van der Waals surface area (Å²) >= 11 is 7.34. The summed E-state index contributed by atoms with van der Waals surface area (Å²) in [5, 5.41) is 3.73. The average molecular weight is 293 g/mol. The lowest BCUT2D eigenvalue weighted by molar-refractivity contribution is 0.308. The fourth-order valence-electron chi connectivity index (χ4n) is 1.86. The highest BCUT2D eigenvalue weighted by atomic mass is 35.5. The van der Waals surface area contributed by atoms with Crippen molar-refractivity contribution in [2.24, 2.45) is 0 Å². The minimum Gasteiger partial charge on any atom is -0.489 e. The monoisotopic (exact) mass is 292 g/mol. The van der Waals surface area contributed by atoms with Crippen LogP contribution in [0.3, 0.4) is 0 Å². The highest BCUT2D eigenvalue weighted by molar-refractivity contribution is 7.17. The van der Waals surface area contributed by atoms with Crippen molar-refractivity contribution in [3.8, 4) is 5.75 Å². The Labute approximate surface area is 119 Å². The molecule has 96 valence electrons. The van der Waals surface area contributed by atoms with Crippen molar-refractivity contribution < 1.29 is 9.13 Å². The zero-order valence-corrected chi connectivity index (χ0v) is 11.5. The van der Waals surface area contributed by atoms with E-state index >= 15 is 0 Å². The molecule has 2 aromatic carbocycles. The lowest BCUT2D eigenvalue weighted by Gasteiger charge is -2.05. The molecule has 0 aliphatic heterocycles. The third kappa shape index (κ3) is 2.72. The van der Waals surface area contributed by atoms with Crippen molar-refractivity contribution in [2.45, 2.75) is 6.61 Å². The number of benzene rings is 2. The van der Waals surface area contributed by atoms with Crippen LogP contribution < -0.4 is 4.74 Å². The van der Waals surface area contributed by atoms with E-state index in [4.69, 9.17) is 16.3 Å². The third-order valence-electron chi connectivity index (χ3n) is 2.83. The molecule has 0 saturated carbocycles. The zero-order chi connectivity index (χ0) is 13.2. The summed E-state index contributed by atoms with van der Waals surface area (Å²) in [5.41, 5.74) is 1.06. The predicted octanol–water partition coefficient (Wildman–Crippen LogP) is 5.27. The number of fused-ring (bicyclic) bond motifs is 1. The van der Waals surface area contributed by atoms with Crippen LogP contribution in [-0.2, 0) is 6.61 Å². The Morgan fingerprint density at radius 1 is 1.11 bits per heavy atom. The lowest BCUT2D eigenvalue weighted by Crippen LogP contribution is -1.93. The first-order valence-electron chi connectivity index (χ1n) is 5.76. The second kappa shape index (κ2) is 5.19. The maximum absolute atomic E-state index is 13.1. The van der Waals surface area contributed by atoms with Crippen molar-refractivity contribution in [2.75, 3.05) is 0 Å². The Kier molecular flexibility index (Phi) is 3.40. The van der Waals surface area contributed by atoms with Gasteiger partial charge >= 0.3 is 0 Å². The molecular weight excluding hydrogens is 283 g/mol. The van der Waals surface area contributed by atoms with Crippen LogP contribution in [0.15, 0.2) is 47.8 Å². The van der Waals surface area contributed by atoms with Crippen molar-refractivity contribution in [3.63, 3.8) is 0 Å². The van der Waals surface area contributed by atoms with Crippen LogP contribution in [0.25, 0.3) is 10.1 Å². The summed E-state index contributed by atoms with van der Waals surface area (Å²) in [4.78, 5) is 0. The van der Waals surface area contributed by atoms with Crippen molar-refractivity contribution in [1.29, 1.82) is 0 Å². The molecule has 1 aromatic heterocycles. The maximum Gasteiger partial charge on any atom is 0.124 e. The summed E-state index contributed by atoms with van der Waals surface area (Å²) < 4.78 is 19.7. The molecule has 19 heavy (non-hydrogen) atoms. The van der Waals surface area contributed by atoms with Gasteiger partial charge in [-0.05, 0) is 47.2 Å². The van der Waals surface area contributed by atoms with E-state index in [2.05, 4.69) is 0 Å². The van der Waals surface area contributed by atoms with Crippen LogP contribution in [0.5, 0.6) is 5.75 Å². The quantitative estimate of drug-likeness (QED) is 0.639. The van der Waals surface area contributed by atoms with Gasteiger partial charge in [0.05, 0.1) is 0 Å². The average Bonchev–Trinajstić information content (AvgIpc) is 2.80. The topological polar surface area (TPSA) is 9.23 Å². The summed E-state index contributed by atoms with van der Waals surface area (Å²) in [6, 6.07) is 12.1. The Bertz CT molecular complexity index is 706. The van der Waals surface area contributed by atoms with Gasteiger partial charge in [0.1, 0.15) is 18.2 Å². The Morgan fingerprint density at radius 3 is 2.68 bits per heavy atom. The van der Waals surface area contributed by atoms with Gasteiger partial charge < -0.3 is 4.74 Å².